The minimum absolute atomic E-state index is 0.160. The van der Waals surface area contributed by atoms with Gasteiger partial charge in [-0.2, -0.15) is 10.5 Å². The second kappa shape index (κ2) is 12.5. The van der Waals surface area contributed by atoms with Gasteiger partial charge in [-0.25, -0.2) is 4.39 Å². The van der Waals surface area contributed by atoms with Crippen molar-refractivity contribution in [2.75, 3.05) is 0 Å². The van der Waals surface area contributed by atoms with Crippen LogP contribution in [0.2, 0.25) is 0 Å². The molecule has 0 radical (unpaired) electrons. The Morgan fingerprint density at radius 1 is 0.429 bits per heavy atom. The van der Waals surface area contributed by atoms with Crippen LogP contribution in [0.3, 0.4) is 0 Å². The highest BCUT2D eigenvalue weighted by Gasteiger charge is 2.32. The molecule has 0 saturated carbocycles. The lowest BCUT2D eigenvalue weighted by Gasteiger charge is -2.22. The molecule has 6 heteroatoms. The molecular formula is C50H26FN3S2. The van der Waals surface area contributed by atoms with Crippen LogP contribution in [0.5, 0.6) is 0 Å². The van der Waals surface area contributed by atoms with E-state index in [1.165, 1.54) is 0 Å². The average molecular weight is 752 g/mol. The second-order valence-corrected chi connectivity index (χ2v) is 16.0. The van der Waals surface area contributed by atoms with Gasteiger partial charge >= 0.3 is 0 Å². The quantitative estimate of drug-likeness (QED) is 0.180. The van der Waals surface area contributed by atoms with Crippen molar-refractivity contribution in [1.82, 2.24) is 4.57 Å². The van der Waals surface area contributed by atoms with Gasteiger partial charge in [0.25, 0.3) is 0 Å². The zero-order valence-electron chi connectivity index (χ0n) is 29.5. The van der Waals surface area contributed by atoms with Crippen LogP contribution in [0, 0.1) is 28.5 Å². The normalized spacial score (nSPS) is 11.6. The summed E-state index contributed by atoms with van der Waals surface area (Å²) in [4.78, 5) is 0. The molecule has 0 amide bonds. The van der Waals surface area contributed by atoms with Crippen LogP contribution < -0.4 is 0 Å². The monoisotopic (exact) mass is 751 g/mol. The van der Waals surface area contributed by atoms with E-state index in [9.17, 15) is 10.5 Å². The van der Waals surface area contributed by atoms with Crippen LogP contribution in [0.25, 0.3) is 101 Å². The van der Waals surface area contributed by atoms with Crippen molar-refractivity contribution in [2.24, 2.45) is 0 Å². The number of nitriles is 2. The van der Waals surface area contributed by atoms with Crippen molar-refractivity contribution in [3.8, 4) is 51.2 Å². The molecule has 11 aromatic rings. The van der Waals surface area contributed by atoms with Gasteiger partial charge in [-0.05, 0) is 34.4 Å². The molecular weight excluding hydrogens is 726 g/mol. The third kappa shape index (κ3) is 4.52. The first-order valence-corrected chi connectivity index (χ1v) is 19.9. The van der Waals surface area contributed by atoms with Crippen LogP contribution in [-0.2, 0) is 0 Å². The van der Waals surface area contributed by atoms with Crippen molar-refractivity contribution >= 4 is 84.8 Å². The number of halogens is 1. The van der Waals surface area contributed by atoms with Crippen molar-refractivity contribution in [3.63, 3.8) is 0 Å². The van der Waals surface area contributed by atoms with Crippen LogP contribution in [0.1, 0.15) is 11.1 Å². The minimum atomic E-state index is -0.660. The van der Waals surface area contributed by atoms with Crippen molar-refractivity contribution < 1.29 is 4.39 Å². The Morgan fingerprint density at radius 3 is 1.45 bits per heavy atom. The maximum atomic E-state index is 18.0. The van der Waals surface area contributed by atoms with Crippen LogP contribution in [0.4, 0.5) is 4.39 Å². The van der Waals surface area contributed by atoms with E-state index in [0.29, 0.717) is 16.8 Å². The number of fused-ring (bicyclic) bond motifs is 11. The topological polar surface area (TPSA) is 52.5 Å². The van der Waals surface area contributed by atoms with Crippen LogP contribution >= 0.6 is 22.7 Å². The summed E-state index contributed by atoms with van der Waals surface area (Å²) in [5.74, 6) is -0.660. The lowest BCUT2D eigenvalue weighted by Crippen LogP contribution is -2.08. The SMILES string of the molecule is N#Cc1c(F)c(-c2ccccc2)c(-n2c3c(ccc4c5ccccc5sc43)c3ccc4c5ccccc5sc4c32)c(C#N)c1-c1ccccc1-c1ccccc1. The van der Waals surface area contributed by atoms with E-state index in [1.54, 1.807) is 22.7 Å². The molecule has 0 atom stereocenters. The summed E-state index contributed by atoms with van der Waals surface area (Å²) in [5, 5.41) is 29.0. The molecule has 0 aliphatic heterocycles. The van der Waals surface area contributed by atoms with Crippen LogP contribution in [0.15, 0.2) is 158 Å². The third-order valence-corrected chi connectivity index (χ3v) is 13.4. The summed E-state index contributed by atoms with van der Waals surface area (Å²) in [7, 11) is 0. The molecule has 8 aromatic carbocycles. The number of hydrogen-bond donors (Lipinski definition) is 0. The fourth-order valence-corrected chi connectivity index (χ4v) is 11.1. The van der Waals surface area contributed by atoms with Gasteiger partial charge < -0.3 is 4.57 Å². The third-order valence-electron chi connectivity index (χ3n) is 11.0. The van der Waals surface area contributed by atoms with Crippen LogP contribution in [-0.4, -0.2) is 4.57 Å². The molecule has 3 aromatic heterocycles. The van der Waals surface area contributed by atoms with Gasteiger partial charge in [0.2, 0.25) is 0 Å². The first kappa shape index (κ1) is 32.3. The summed E-state index contributed by atoms with van der Waals surface area (Å²) in [6.07, 6.45) is 0. The van der Waals surface area contributed by atoms with Gasteiger partial charge in [-0.3, -0.25) is 0 Å². The molecule has 11 rings (SSSR count). The van der Waals surface area contributed by atoms with Gasteiger partial charge in [0, 0.05) is 52.8 Å². The molecule has 3 nitrogen and oxygen atoms in total. The maximum absolute atomic E-state index is 18.0. The van der Waals surface area contributed by atoms with E-state index < -0.39 is 5.82 Å². The fourth-order valence-electron chi connectivity index (χ4n) is 8.62. The molecule has 56 heavy (non-hydrogen) atoms. The van der Waals surface area contributed by atoms with E-state index in [2.05, 4.69) is 89.5 Å². The molecule has 0 unspecified atom stereocenters. The Morgan fingerprint density at radius 2 is 0.893 bits per heavy atom. The van der Waals surface area contributed by atoms with E-state index in [-0.39, 0.29) is 22.3 Å². The summed E-state index contributed by atoms with van der Waals surface area (Å²) >= 11 is 3.41. The summed E-state index contributed by atoms with van der Waals surface area (Å²) in [5.41, 5.74) is 5.71. The van der Waals surface area contributed by atoms with Crippen molar-refractivity contribution in [1.29, 1.82) is 10.5 Å². The lowest BCUT2D eigenvalue weighted by atomic mass is 9.85. The van der Waals surface area contributed by atoms with Gasteiger partial charge in [0.1, 0.15) is 12.1 Å². The Labute approximate surface area is 328 Å². The first-order valence-electron chi connectivity index (χ1n) is 18.2. The Hall–Kier alpha value is -7.09. The molecule has 0 bridgehead atoms. The summed E-state index contributed by atoms with van der Waals surface area (Å²) in [6, 6.07) is 57.2. The molecule has 0 aliphatic carbocycles. The lowest BCUT2D eigenvalue weighted by molar-refractivity contribution is 0.627. The molecule has 260 valence electrons. The molecule has 0 saturated heterocycles. The predicted molar refractivity (Wildman–Crippen MR) is 232 cm³/mol. The zero-order chi connectivity index (χ0) is 37.5. The second-order valence-electron chi connectivity index (χ2n) is 13.9. The molecule has 0 fully saturated rings. The number of hydrogen-bond acceptors (Lipinski definition) is 4. The fraction of sp³-hybridized carbons (Fsp3) is 0. The van der Waals surface area contributed by atoms with Crippen molar-refractivity contribution in [2.45, 2.75) is 0 Å². The van der Waals surface area contributed by atoms with Gasteiger partial charge in [0.05, 0.1) is 37.2 Å². The zero-order valence-corrected chi connectivity index (χ0v) is 31.2. The number of aromatic nitrogens is 1. The number of rotatable bonds is 4. The number of nitrogens with zero attached hydrogens (tertiary/aromatic N) is 3. The molecule has 0 N–H and O–H groups in total. The van der Waals surface area contributed by atoms with E-state index in [1.807, 2.05) is 84.9 Å². The highest BCUT2D eigenvalue weighted by atomic mass is 32.1. The summed E-state index contributed by atoms with van der Waals surface area (Å²) in [6.45, 7) is 0. The van der Waals surface area contributed by atoms with Gasteiger partial charge in [0.15, 0.2) is 5.82 Å². The highest BCUT2D eigenvalue weighted by molar-refractivity contribution is 7.27. The molecule has 0 aliphatic rings. The van der Waals surface area contributed by atoms with Gasteiger partial charge in [-0.15, -0.1) is 22.7 Å². The largest absolute Gasteiger partial charge is 0.304 e. The smallest absolute Gasteiger partial charge is 0.151 e. The minimum Gasteiger partial charge on any atom is -0.304 e. The van der Waals surface area contributed by atoms with E-state index in [0.717, 1.165) is 73.3 Å². The first-order chi connectivity index (χ1) is 27.7. The standard InChI is InChI=1S/C50H26FN3S2/c51-45-39(27-52)44(34-20-8-7-17-31(34)29-13-3-1-4-14-29)40(28-53)46(43(45)30-15-5-2-6-16-30)54-47-35(23-25-37-32-18-9-11-21-41(32)55-49(37)47)36-24-26-38-33-19-10-12-22-42(33)56-50(38)48(36)54/h1-26H. The average Bonchev–Trinajstić information content (AvgIpc) is 3.93. The highest BCUT2D eigenvalue weighted by Crippen LogP contribution is 2.51. The predicted octanol–water partition coefficient (Wildman–Crippen LogP) is 14.4. The Kier molecular flexibility index (Phi) is 7.21. The van der Waals surface area contributed by atoms with E-state index >= 15 is 4.39 Å². The Bertz CT molecular complexity index is 3380. The number of thiophene rings is 2. The van der Waals surface area contributed by atoms with Crippen molar-refractivity contribution in [3.05, 3.63) is 175 Å². The molecule has 3 heterocycles. The maximum Gasteiger partial charge on any atom is 0.151 e. The van der Waals surface area contributed by atoms with Gasteiger partial charge in [-0.1, -0.05) is 146 Å². The number of benzene rings is 8. The van der Waals surface area contributed by atoms with E-state index in [4.69, 9.17) is 0 Å². The summed E-state index contributed by atoms with van der Waals surface area (Å²) < 4.78 is 24.6. The molecule has 0 spiro atoms. The Balaban J connectivity index is 1.43.